The quantitative estimate of drug-likeness (QED) is 0.345. The normalized spacial score (nSPS) is 38.2. The van der Waals surface area contributed by atoms with Crippen LogP contribution in [-0.2, 0) is 19.1 Å². The van der Waals surface area contributed by atoms with Gasteiger partial charge in [0.1, 0.15) is 12.2 Å². The van der Waals surface area contributed by atoms with E-state index in [1.165, 1.54) is 0 Å². The molecule has 6 nitrogen and oxygen atoms in total. The summed E-state index contributed by atoms with van der Waals surface area (Å²) in [6, 6.07) is 0. The third-order valence-corrected chi connectivity index (χ3v) is 5.26. The van der Waals surface area contributed by atoms with Crippen molar-refractivity contribution in [3.63, 3.8) is 0 Å². The summed E-state index contributed by atoms with van der Waals surface area (Å²) in [5.74, 6) is -3.19. The van der Waals surface area contributed by atoms with Crippen LogP contribution in [0.3, 0.4) is 0 Å². The standard InChI is InChI=1S/C18H20O6/c1-7-5-13(23-18(22)10(4)19)15-9(3)17(21)24-16(15)14-8(2)12(20)6-11(7)14/h11-16,19-20H,1-6H2/t11-,12-,13-,14-,15+,16+/m0/s1. The molecule has 2 saturated carbocycles. The highest BCUT2D eigenvalue weighted by Gasteiger charge is 2.56. The topological polar surface area (TPSA) is 93.1 Å². The molecule has 0 aromatic rings. The number of carbonyl (C=O) groups is 2. The fourth-order valence-electron chi connectivity index (χ4n) is 4.08. The lowest BCUT2D eigenvalue weighted by Gasteiger charge is -2.28. The lowest BCUT2D eigenvalue weighted by molar-refractivity contribution is -0.151. The van der Waals surface area contributed by atoms with Gasteiger partial charge in [0.15, 0.2) is 5.76 Å². The van der Waals surface area contributed by atoms with E-state index in [9.17, 15) is 19.8 Å². The molecule has 0 radical (unpaired) electrons. The van der Waals surface area contributed by atoms with Gasteiger partial charge in [0.2, 0.25) is 0 Å². The number of carbonyl (C=O) groups excluding carboxylic acids is 2. The maximum atomic E-state index is 12.0. The van der Waals surface area contributed by atoms with Crippen LogP contribution in [-0.4, -0.2) is 40.5 Å². The minimum absolute atomic E-state index is 0.111. The van der Waals surface area contributed by atoms with Gasteiger partial charge in [-0.15, -0.1) is 0 Å². The largest absolute Gasteiger partial charge is 0.502 e. The SMILES string of the molecule is C=C(O)C(=O)O[C@H]1CC(=C)[C@@H]2C[C@H](O)C(=C)[C@@H]2[C@H]2OC(=O)C(=C)[C@@H]21. The monoisotopic (exact) mass is 332 g/mol. The molecule has 0 unspecified atom stereocenters. The number of hydrogen-bond acceptors (Lipinski definition) is 6. The van der Waals surface area contributed by atoms with E-state index in [0.717, 1.165) is 5.57 Å². The van der Waals surface area contributed by atoms with Crippen LogP contribution >= 0.6 is 0 Å². The number of fused-ring (bicyclic) bond motifs is 3. The Hall–Kier alpha value is -2.34. The maximum absolute atomic E-state index is 12.0. The van der Waals surface area contributed by atoms with Crippen molar-refractivity contribution in [1.82, 2.24) is 0 Å². The molecule has 128 valence electrons. The highest BCUT2D eigenvalue weighted by molar-refractivity contribution is 5.91. The molecule has 3 fully saturated rings. The van der Waals surface area contributed by atoms with Crippen molar-refractivity contribution in [1.29, 1.82) is 0 Å². The van der Waals surface area contributed by atoms with Gasteiger partial charge >= 0.3 is 11.9 Å². The van der Waals surface area contributed by atoms with E-state index in [-0.39, 0.29) is 23.8 Å². The zero-order valence-corrected chi connectivity index (χ0v) is 13.2. The fourth-order valence-corrected chi connectivity index (χ4v) is 4.08. The minimum atomic E-state index is -0.954. The Morgan fingerprint density at radius 3 is 2.54 bits per heavy atom. The van der Waals surface area contributed by atoms with E-state index in [1.54, 1.807) is 0 Å². The van der Waals surface area contributed by atoms with Crippen molar-refractivity contribution < 1.29 is 29.3 Å². The second-order valence-electron chi connectivity index (χ2n) is 6.63. The molecule has 1 saturated heterocycles. The second-order valence-corrected chi connectivity index (χ2v) is 6.63. The molecule has 6 atom stereocenters. The van der Waals surface area contributed by atoms with Gasteiger partial charge in [-0.3, -0.25) is 0 Å². The third kappa shape index (κ3) is 2.38. The Bertz CT molecular complexity index is 675. The summed E-state index contributed by atoms with van der Waals surface area (Å²) >= 11 is 0. The Morgan fingerprint density at radius 1 is 1.25 bits per heavy atom. The molecular formula is C18H20O6. The Morgan fingerprint density at radius 2 is 1.92 bits per heavy atom. The van der Waals surface area contributed by atoms with Crippen molar-refractivity contribution in [2.45, 2.75) is 31.2 Å². The summed E-state index contributed by atoms with van der Waals surface area (Å²) in [6.07, 6.45) is -1.31. The van der Waals surface area contributed by atoms with Gasteiger partial charge in [-0.2, -0.15) is 0 Å². The van der Waals surface area contributed by atoms with Crippen LogP contribution in [0.5, 0.6) is 0 Å². The number of esters is 2. The van der Waals surface area contributed by atoms with E-state index < -0.39 is 41.9 Å². The van der Waals surface area contributed by atoms with Gasteiger partial charge in [0, 0.05) is 17.9 Å². The van der Waals surface area contributed by atoms with E-state index in [0.29, 0.717) is 12.0 Å². The van der Waals surface area contributed by atoms with Crippen molar-refractivity contribution in [2.75, 3.05) is 0 Å². The maximum Gasteiger partial charge on any atom is 0.373 e. The predicted molar refractivity (Wildman–Crippen MR) is 84.7 cm³/mol. The average Bonchev–Trinajstić information content (AvgIpc) is 2.92. The molecule has 2 aliphatic carbocycles. The predicted octanol–water partition coefficient (Wildman–Crippen LogP) is 1.58. The van der Waals surface area contributed by atoms with Gasteiger partial charge in [0.05, 0.1) is 12.0 Å². The number of aliphatic hydroxyl groups excluding tert-OH is 2. The van der Waals surface area contributed by atoms with Gasteiger partial charge in [0.25, 0.3) is 0 Å². The Labute approximate surface area is 139 Å². The molecule has 24 heavy (non-hydrogen) atoms. The number of ether oxygens (including phenoxy) is 2. The zero-order valence-electron chi connectivity index (χ0n) is 13.2. The average molecular weight is 332 g/mol. The number of rotatable bonds is 2. The minimum Gasteiger partial charge on any atom is -0.502 e. The molecule has 3 aliphatic rings. The first-order valence-corrected chi connectivity index (χ1v) is 7.75. The van der Waals surface area contributed by atoms with Gasteiger partial charge in [-0.25, -0.2) is 9.59 Å². The highest BCUT2D eigenvalue weighted by atomic mass is 16.6. The summed E-state index contributed by atoms with van der Waals surface area (Å²) in [4.78, 5) is 23.8. The molecule has 1 aliphatic heterocycles. The summed E-state index contributed by atoms with van der Waals surface area (Å²) in [5.41, 5.74) is 1.60. The Kier molecular flexibility index (Phi) is 3.87. The molecular weight excluding hydrogens is 312 g/mol. The summed E-state index contributed by atoms with van der Waals surface area (Å²) in [7, 11) is 0. The van der Waals surface area contributed by atoms with Crippen molar-refractivity contribution in [2.24, 2.45) is 17.8 Å². The zero-order chi connectivity index (χ0) is 17.8. The van der Waals surface area contributed by atoms with Gasteiger partial charge in [-0.1, -0.05) is 25.3 Å². The third-order valence-electron chi connectivity index (χ3n) is 5.26. The number of hydrogen-bond donors (Lipinski definition) is 2. The summed E-state index contributed by atoms with van der Waals surface area (Å²) in [6.45, 7) is 14.9. The van der Waals surface area contributed by atoms with Crippen LogP contribution in [0.25, 0.3) is 0 Å². The molecule has 1 heterocycles. The lowest BCUT2D eigenvalue weighted by Crippen LogP contribution is -2.36. The highest BCUT2D eigenvalue weighted by Crippen LogP contribution is 2.52. The lowest BCUT2D eigenvalue weighted by atomic mass is 9.81. The van der Waals surface area contributed by atoms with Gasteiger partial charge in [-0.05, 0) is 24.5 Å². The van der Waals surface area contributed by atoms with E-state index in [4.69, 9.17) is 9.47 Å². The first kappa shape index (κ1) is 16.5. The number of aliphatic hydroxyl groups is 2. The summed E-state index contributed by atoms with van der Waals surface area (Å²) in [5, 5.41) is 19.4. The smallest absolute Gasteiger partial charge is 0.373 e. The first-order valence-electron chi connectivity index (χ1n) is 7.75. The molecule has 2 N–H and O–H groups in total. The van der Waals surface area contributed by atoms with Crippen molar-refractivity contribution >= 4 is 11.9 Å². The molecule has 0 aromatic carbocycles. The molecule has 3 rings (SSSR count). The fraction of sp³-hybridized carbons (Fsp3) is 0.444. The molecule has 0 bridgehead atoms. The van der Waals surface area contributed by atoms with Crippen LogP contribution in [0.15, 0.2) is 48.8 Å². The van der Waals surface area contributed by atoms with Crippen LogP contribution in [0.2, 0.25) is 0 Å². The van der Waals surface area contributed by atoms with E-state index >= 15 is 0 Å². The molecule has 0 amide bonds. The molecule has 6 heteroatoms. The second kappa shape index (κ2) is 5.63. The van der Waals surface area contributed by atoms with Crippen molar-refractivity contribution in [3.05, 3.63) is 48.8 Å². The van der Waals surface area contributed by atoms with Crippen LogP contribution < -0.4 is 0 Å². The van der Waals surface area contributed by atoms with E-state index in [2.05, 4.69) is 26.3 Å². The molecule has 0 aromatic heterocycles. The van der Waals surface area contributed by atoms with Crippen LogP contribution in [0.1, 0.15) is 12.8 Å². The van der Waals surface area contributed by atoms with Gasteiger partial charge < -0.3 is 19.7 Å². The molecule has 0 spiro atoms. The van der Waals surface area contributed by atoms with Crippen LogP contribution in [0, 0.1) is 17.8 Å². The van der Waals surface area contributed by atoms with E-state index in [1.807, 2.05) is 0 Å². The Balaban J connectivity index is 2.00. The summed E-state index contributed by atoms with van der Waals surface area (Å²) < 4.78 is 10.8. The first-order chi connectivity index (χ1) is 11.2. The van der Waals surface area contributed by atoms with Crippen molar-refractivity contribution in [3.8, 4) is 0 Å². The van der Waals surface area contributed by atoms with Crippen LogP contribution in [0.4, 0.5) is 0 Å².